The second-order valence-corrected chi connectivity index (χ2v) is 6.75. The van der Waals surface area contributed by atoms with Gasteiger partial charge in [0.25, 0.3) is 5.89 Å². The van der Waals surface area contributed by atoms with Gasteiger partial charge in [0.15, 0.2) is 5.82 Å². The lowest BCUT2D eigenvalue weighted by Gasteiger charge is -2.17. The van der Waals surface area contributed by atoms with Crippen molar-refractivity contribution in [2.75, 3.05) is 11.4 Å². The zero-order valence-electron chi connectivity index (χ0n) is 15.0. The lowest BCUT2D eigenvalue weighted by atomic mass is 10.1. The number of hydrogen-bond acceptors (Lipinski definition) is 4. The van der Waals surface area contributed by atoms with Gasteiger partial charge >= 0.3 is 0 Å². The summed E-state index contributed by atoms with van der Waals surface area (Å²) in [4.78, 5) is 18.9. The summed E-state index contributed by atoms with van der Waals surface area (Å²) >= 11 is 0. The van der Waals surface area contributed by atoms with E-state index in [0.29, 0.717) is 24.7 Å². The summed E-state index contributed by atoms with van der Waals surface area (Å²) < 4.78 is 5.42. The molecular formula is C21H21N3O2. The number of nitrogens with zero attached hydrogens (tertiary/aromatic N) is 3. The van der Waals surface area contributed by atoms with Gasteiger partial charge in [0, 0.05) is 30.1 Å². The Morgan fingerprint density at radius 1 is 1.19 bits per heavy atom. The number of aryl methyl sites for hydroxylation is 2. The third kappa shape index (κ3) is 3.12. The topological polar surface area (TPSA) is 59.2 Å². The van der Waals surface area contributed by atoms with Gasteiger partial charge in [-0.05, 0) is 43.2 Å². The van der Waals surface area contributed by atoms with E-state index in [2.05, 4.69) is 29.2 Å². The third-order valence-corrected chi connectivity index (χ3v) is 4.86. The summed E-state index contributed by atoms with van der Waals surface area (Å²) in [5.41, 5.74) is 4.24. The van der Waals surface area contributed by atoms with E-state index in [1.54, 1.807) is 0 Å². The largest absolute Gasteiger partial charge is 0.334 e. The predicted octanol–water partition coefficient (Wildman–Crippen LogP) is 4.13. The van der Waals surface area contributed by atoms with E-state index in [1.165, 1.54) is 11.1 Å². The smallest absolute Gasteiger partial charge is 0.257 e. The van der Waals surface area contributed by atoms with Gasteiger partial charge in [-0.25, -0.2) is 0 Å². The molecule has 5 nitrogen and oxygen atoms in total. The number of carbonyl (C=O) groups is 1. The van der Waals surface area contributed by atoms with Crippen LogP contribution < -0.4 is 4.90 Å². The summed E-state index contributed by atoms with van der Waals surface area (Å²) in [6.45, 7) is 4.73. The summed E-state index contributed by atoms with van der Waals surface area (Å²) in [5, 5.41) is 4.13. The molecule has 1 fully saturated rings. The van der Waals surface area contributed by atoms with Crippen molar-refractivity contribution < 1.29 is 9.32 Å². The van der Waals surface area contributed by atoms with Crippen molar-refractivity contribution >= 4 is 11.6 Å². The Balaban J connectivity index is 1.54. The Labute approximate surface area is 152 Å². The van der Waals surface area contributed by atoms with Crippen molar-refractivity contribution in [1.29, 1.82) is 0 Å². The van der Waals surface area contributed by atoms with E-state index in [0.717, 1.165) is 17.7 Å². The minimum atomic E-state index is -0.0456. The summed E-state index contributed by atoms with van der Waals surface area (Å²) in [5.74, 6) is 1.16. The number of benzene rings is 2. The third-order valence-electron chi connectivity index (χ3n) is 4.86. The van der Waals surface area contributed by atoms with Crippen LogP contribution in [0.4, 0.5) is 5.69 Å². The number of hydrogen-bond donors (Lipinski definition) is 0. The minimum Gasteiger partial charge on any atom is -0.334 e. The van der Waals surface area contributed by atoms with E-state index in [4.69, 9.17) is 4.52 Å². The maximum atomic E-state index is 12.5. The number of amides is 1. The first-order valence-corrected chi connectivity index (χ1v) is 8.94. The van der Waals surface area contributed by atoms with Gasteiger partial charge in [0.2, 0.25) is 5.91 Å². The molecule has 1 aliphatic heterocycles. The van der Waals surface area contributed by atoms with E-state index in [9.17, 15) is 4.79 Å². The lowest BCUT2D eigenvalue weighted by Crippen LogP contribution is -2.24. The van der Waals surface area contributed by atoms with Crippen LogP contribution in [0.15, 0.2) is 53.1 Å². The summed E-state index contributed by atoms with van der Waals surface area (Å²) in [6.07, 6.45) is 1.35. The maximum absolute atomic E-state index is 12.5. The molecule has 132 valence electrons. The van der Waals surface area contributed by atoms with Crippen molar-refractivity contribution in [3.8, 4) is 11.5 Å². The highest BCUT2D eigenvalue weighted by molar-refractivity contribution is 5.96. The molecule has 26 heavy (non-hydrogen) atoms. The zero-order chi connectivity index (χ0) is 18.1. The second-order valence-electron chi connectivity index (χ2n) is 6.75. The highest BCUT2D eigenvalue weighted by Gasteiger charge is 2.34. The molecule has 0 spiro atoms. The Morgan fingerprint density at radius 2 is 2.00 bits per heavy atom. The van der Waals surface area contributed by atoms with Crippen molar-refractivity contribution in [2.24, 2.45) is 0 Å². The Hall–Kier alpha value is -2.95. The molecule has 1 saturated heterocycles. The van der Waals surface area contributed by atoms with Gasteiger partial charge in [0.1, 0.15) is 0 Å². The molecule has 3 aromatic rings. The monoisotopic (exact) mass is 347 g/mol. The first kappa shape index (κ1) is 16.5. The molecule has 0 bridgehead atoms. The van der Waals surface area contributed by atoms with Crippen molar-refractivity contribution in [1.82, 2.24) is 10.1 Å². The SMILES string of the molecule is CCc1cccc(N2CC(c3noc(-c4ccc(C)cc4)n3)CC2=O)c1. The van der Waals surface area contributed by atoms with Gasteiger partial charge in [-0.3, -0.25) is 4.79 Å². The molecule has 5 heteroatoms. The fourth-order valence-corrected chi connectivity index (χ4v) is 3.29. The normalized spacial score (nSPS) is 17.1. The van der Waals surface area contributed by atoms with Crippen LogP contribution in [0.1, 0.15) is 36.2 Å². The predicted molar refractivity (Wildman–Crippen MR) is 100 cm³/mol. The first-order valence-electron chi connectivity index (χ1n) is 8.94. The average Bonchev–Trinajstić information content (AvgIpc) is 3.29. The highest BCUT2D eigenvalue weighted by Crippen LogP contribution is 2.32. The average molecular weight is 347 g/mol. The van der Waals surface area contributed by atoms with E-state index in [1.807, 2.05) is 48.2 Å². The van der Waals surface area contributed by atoms with Crippen LogP contribution in [0, 0.1) is 6.92 Å². The molecular weight excluding hydrogens is 326 g/mol. The molecule has 0 saturated carbocycles. The second kappa shape index (κ2) is 6.75. The standard InChI is InChI=1S/C21H21N3O2/c1-3-15-5-4-6-18(11-15)24-13-17(12-19(24)25)20-22-21(26-23-20)16-9-7-14(2)8-10-16/h4-11,17H,3,12-13H2,1-2H3. The Morgan fingerprint density at radius 3 is 2.77 bits per heavy atom. The van der Waals surface area contributed by atoms with Crippen molar-refractivity contribution in [3.63, 3.8) is 0 Å². The number of aromatic nitrogens is 2. The Kier molecular flexibility index (Phi) is 4.29. The first-order chi connectivity index (χ1) is 12.6. The molecule has 0 radical (unpaired) electrons. The molecule has 1 aliphatic rings. The van der Waals surface area contributed by atoms with Crippen molar-refractivity contribution in [2.45, 2.75) is 32.6 Å². The van der Waals surface area contributed by atoms with E-state index < -0.39 is 0 Å². The molecule has 1 aromatic heterocycles. The quantitative estimate of drug-likeness (QED) is 0.712. The lowest BCUT2D eigenvalue weighted by molar-refractivity contribution is -0.117. The van der Waals surface area contributed by atoms with Crippen molar-refractivity contribution in [3.05, 3.63) is 65.5 Å². The molecule has 0 N–H and O–H groups in total. The van der Waals surface area contributed by atoms with E-state index in [-0.39, 0.29) is 11.8 Å². The summed E-state index contributed by atoms with van der Waals surface area (Å²) in [7, 11) is 0. The van der Waals surface area contributed by atoms with Crippen LogP contribution in [-0.4, -0.2) is 22.6 Å². The summed E-state index contributed by atoms with van der Waals surface area (Å²) in [6, 6.07) is 16.1. The molecule has 0 aliphatic carbocycles. The highest BCUT2D eigenvalue weighted by atomic mass is 16.5. The molecule has 1 atom stereocenters. The van der Waals surface area contributed by atoms with Crippen LogP contribution >= 0.6 is 0 Å². The van der Waals surface area contributed by atoms with Gasteiger partial charge in [-0.2, -0.15) is 4.98 Å². The van der Waals surface area contributed by atoms with Crippen LogP contribution in [0.3, 0.4) is 0 Å². The van der Waals surface area contributed by atoms with Crippen LogP contribution in [0.2, 0.25) is 0 Å². The molecule has 4 rings (SSSR count). The number of carbonyl (C=O) groups excluding carboxylic acids is 1. The van der Waals surface area contributed by atoms with Crippen LogP contribution in [0.5, 0.6) is 0 Å². The van der Waals surface area contributed by atoms with Gasteiger partial charge in [-0.15, -0.1) is 0 Å². The number of anilines is 1. The van der Waals surface area contributed by atoms with Gasteiger partial charge in [-0.1, -0.05) is 41.9 Å². The van der Waals surface area contributed by atoms with Crippen LogP contribution in [0.25, 0.3) is 11.5 Å². The maximum Gasteiger partial charge on any atom is 0.257 e. The number of rotatable bonds is 4. The van der Waals surface area contributed by atoms with Gasteiger partial charge < -0.3 is 9.42 Å². The minimum absolute atomic E-state index is 0.0456. The fraction of sp³-hybridized carbons (Fsp3) is 0.286. The fourth-order valence-electron chi connectivity index (χ4n) is 3.29. The van der Waals surface area contributed by atoms with Crippen LogP contribution in [-0.2, 0) is 11.2 Å². The molecule has 1 unspecified atom stereocenters. The Bertz CT molecular complexity index is 930. The van der Waals surface area contributed by atoms with E-state index >= 15 is 0 Å². The zero-order valence-corrected chi connectivity index (χ0v) is 15.0. The molecule has 2 aromatic carbocycles. The van der Waals surface area contributed by atoms with Gasteiger partial charge in [0.05, 0.1) is 0 Å². The molecule has 1 amide bonds. The molecule has 2 heterocycles.